The Hall–Kier alpha value is -1.66. The fourth-order valence-corrected chi connectivity index (χ4v) is 2.14. The number of rotatable bonds is 3. The second-order valence-electron chi connectivity index (χ2n) is 3.21. The van der Waals surface area contributed by atoms with E-state index in [2.05, 4.69) is 14.9 Å². The molecule has 0 amide bonds. The first-order valence-corrected chi connectivity index (χ1v) is 6.15. The third kappa shape index (κ3) is 1.98. The van der Waals surface area contributed by atoms with Gasteiger partial charge in [0.25, 0.3) is 0 Å². The van der Waals surface area contributed by atoms with Crippen molar-refractivity contribution >= 4 is 10.0 Å². The highest BCUT2D eigenvalue weighted by Crippen LogP contribution is 2.19. The molecule has 0 aliphatic heterocycles. The zero-order valence-electron chi connectivity index (χ0n) is 8.64. The monoisotopic (exact) mass is 237 g/mol. The molecular weight excluding hydrogens is 226 g/mol. The summed E-state index contributed by atoms with van der Waals surface area (Å²) in [7, 11) is -2.01. The van der Waals surface area contributed by atoms with Crippen LogP contribution in [0.2, 0.25) is 0 Å². The van der Waals surface area contributed by atoms with Crippen molar-refractivity contribution in [2.45, 2.75) is 4.90 Å². The lowest BCUT2D eigenvalue weighted by molar-refractivity contribution is 0.588. The van der Waals surface area contributed by atoms with Crippen molar-refractivity contribution in [3.8, 4) is 11.3 Å². The lowest BCUT2D eigenvalue weighted by Gasteiger charge is -2.04. The quantitative estimate of drug-likeness (QED) is 0.835. The van der Waals surface area contributed by atoms with Gasteiger partial charge >= 0.3 is 0 Å². The summed E-state index contributed by atoms with van der Waals surface area (Å²) in [5, 5.41) is 6.61. The van der Waals surface area contributed by atoms with Crippen molar-refractivity contribution in [3.05, 3.63) is 36.5 Å². The van der Waals surface area contributed by atoms with Crippen LogP contribution in [0, 0.1) is 0 Å². The van der Waals surface area contributed by atoms with E-state index in [0.717, 1.165) is 11.3 Å². The van der Waals surface area contributed by atoms with E-state index in [4.69, 9.17) is 0 Å². The molecule has 2 rings (SSSR count). The number of H-pyrrole nitrogens is 1. The first kappa shape index (κ1) is 10.8. The van der Waals surface area contributed by atoms with Crippen LogP contribution in [0.1, 0.15) is 0 Å². The maximum atomic E-state index is 11.6. The van der Waals surface area contributed by atoms with Crippen molar-refractivity contribution in [2.75, 3.05) is 7.05 Å². The van der Waals surface area contributed by atoms with Gasteiger partial charge in [-0.2, -0.15) is 5.10 Å². The second-order valence-corrected chi connectivity index (χ2v) is 5.09. The van der Waals surface area contributed by atoms with Crippen LogP contribution < -0.4 is 4.72 Å². The van der Waals surface area contributed by atoms with E-state index in [1.165, 1.54) is 7.05 Å². The largest absolute Gasteiger partial charge is 0.278 e. The molecule has 0 aliphatic carbocycles. The van der Waals surface area contributed by atoms with Gasteiger partial charge in [0, 0.05) is 11.8 Å². The van der Waals surface area contributed by atoms with Gasteiger partial charge in [-0.05, 0) is 25.2 Å². The van der Waals surface area contributed by atoms with Crippen LogP contribution in [0.25, 0.3) is 11.3 Å². The van der Waals surface area contributed by atoms with Gasteiger partial charge in [0.05, 0.1) is 10.6 Å². The third-order valence-electron chi connectivity index (χ3n) is 2.22. The number of hydrogen-bond acceptors (Lipinski definition) is 3. The molecule has 0 unspecified atom stereocenters. The number of sulfonamides is 1. The summed E-state index contributed by atoms with van der Waals surface area (Å²) < 4.78 is 25.4. The highest BCUT2D eigenvalue weighted by molar-refractivity contribution is 7.89. The highest BCUT2D eigenvalue weighted by Gasteiger charge is 2.11. The maximum absolute atomic E-state index is 11.6. The summed E-state index contributed by atoms with van der Waals surface area (Å²) in [6, 6.07) is 8.44. The Bertz CT molecular complexity index is 576. The first-order valence-electron chi connectivity index (χ1n) is 4.67. The fourth-order valence-electron chi connectivity index (χ4n) is 1.37. The Labute approximate surface area is 93.6 Å². The van der Waals surface area contributed by atoms with Crippen LogP contribution in [-0.2, 0) is 10.0 Å². The topological polar surface area (TPSA) is 74.8 Å². The number of aromatic nitrogens is 2. The van der Waals surface area contributed by atoms with Crippen LogP contribution in [0.15, 0.2) is 41.4 Å². The molecule has 0 saturated carbocycles. The zero-order valence-corrected chi connectivity index (χ0v) is 9.45. The molecule has 84 valence electrons. The van der Waals surface area contributed by atoms with Crippen molar-refractivity contribution in [3.63, 3.8) is 0 Å². The van der Waals surface area contributed by atoms with E-state index in [1.54, 1.807) is 30.5 Å². The molecule has 0 atom stereocenters. The average Bonchev–Trinajstić information content (AvgIpc) is 2.83. The Morgan fingerprint density at radius 1 is 1.31 bits per heavy atom. The van der Waals surface area contributed by atoms with Gasteiger partial charge in [-0.1, -0.05) is 12.1 Å². The molecule has 0 saturated heterocycles. The summed E-state index contributed by atoms with van der Waals surface area (Å²) in [6.45, 7) is 0. The maximum Gasteiger partial charge on any atom is 0.240 e. The predicted octanol–water partition coefficient (Wildman–Crippen LogP) is 0.985. The molecule has 5 nitrogen and oxygen atoms in total. The van der Waals surface area contributed by atoms with Crippen molar-refractivity contribution in [2.24, 2.45) is 0 Å². The van der Waals surface area contributed by atoms with Gasteiger partial charge in [-0.3, -0.25) is 5.10 Å². The number of nitrogens with one attached hydrogen (secondary N) is 2. The SMILES string of the molecule is CNS(=O)(=O)c1cccc(-c2ccn[nH]2)c1. The zero-order chi connectivity index (χ0) is 11.6. The Morgan fingerprint density at radius 3 is 2.75 bits per heavy atom. The van der Waals surface area contributed by atoms with Crippen molar-refractivity contribution in [1.29, 1.82) is 0 Å². The lowest BCUT2D eigenvalue weighted by Crippen LogP contribution is -2.18. The van der Waals surface area contributed by atoms with E-state index in [9.17, 15) is 8.42 Å². The molecule has 0 bridgehead atoms. The predicted molar refractivity (Wildman–Crippen MR) is 60.3 cm³/mol. The third-order valence-corrected chi connectivity index (χ3v) is 3.64. The molecule has 2 N–H and O–H groups in total. The van der Waals surface area contributed by atoms with Gasteiger partial charge < -0.3 is 0 Å². The normalized spacial score (nSPS) is 11.6. The van der Waals surface area contributed by atoms with Crippen molar-refractivity contribution in [1.82, 2.24) is 14.9 Å². The molecule has 0 aliphatic rings. The van der Waals surface area contributed by atoms with Crippen LogP contribution in [-0.4, -0.2) is 25.7 Å². The van der Waals surface area contributed by atoms with Crippen LogP contribution >= 0.6 is 0 Å². The lowest BCUT2D eigenvalue weighted by atomic mass is 10.2. The molecule has 1 aromatic carbocycles. The van der Waals surface area contributed by atoms with E-state index in [1.807, 2.05) is 6.07 Å². The molecule has 1 aromatic heterocycles. The molecule has 0 spiro atoms. The van der Waals surface area contributed by atoms with Crippen LogP contribution in [0.5, 0.6) is 0 Å². The minimum atomic E-state index is -3.40. The summed E-state index contributed by atoms with van der Waals surface area (Å²) in [5.41, 5.74) is 1.57. The number of aromatic amines is 1. The Balaban J connectivity index is 2.50. The molecule has 6 heteroatoms. The molecule has 1 heterocycles. The Morgan fingerprint density at radius 2 is 2.12 bits per heavy atom. The van der Waals surface area contributed by atoms with Crippen LogP contribution in [0.3, 0.4) is 0 Å². The smallest absolute Gasteiger partial charge is 0.240 e. The van der Waals surface area contributed by atoms with Gasteiger partial charge in [-0.25, -0.2) is 13.1 Å². The minimum absolute atomic E-state index is 0.238. The molecular formula is C10H11N3O2S. The average molecular weight is 237 g/mol. The number of benzene rings is 1. The van der Waals surface area contributed by atoms with Crippen LogP contribution in [0.4, 0.5) is 0 Å². The summed E-state index contributed by atoms with van der Waals surface area (Å²) in [4.78, 5) is 0.238. The molecule has 2 aromatic rings. The molecule has 0 radical (unpaired) electrons. The molecule has 16 heavy (non-hydrogen) atoms. The highest BCUT2D eigenvalue weighted by atomic mass is 32.2. The summed E-state index contributed by atoms with van der Waals surface area (Å²) >= 11 is 0. The van der Waals surface area contributed by atoms with Gasteiger partial charge in [0.1, 0.15) is 0 Å². The second kappa shape index (κ2) is 4.07. The van der Waals surface area contributed by atoms with E-state index in [-0.39, 0.29) is 4.90 Å². The Kier molecular flexibility index (Phi) is 2.76. The van der Waals surface area contributed by atoms with E-state index < -0.39 is 10.0 Å². The first-order chi connectivity index (χ1) is 7.63. The van der Waals surface area contributed by atoms with E-state index >= 15 is 0 Å². The number of hydrogen-bond donors (Lipinski definition) is 2. The fraction of sp³-hybridized carbons (Fsp3) is 0.100. The van der Waals surface area contributed by atoms with Gasteiger partial charge in [0.15, 0.2) is 0 Å². The van der Waals surface area contributed by atoms with Gasteiger partial charge in [-0.15, -0.1) is 0 Å². The van der Waals surface area contributed by atoms with Crippen molar-refractivity contribution < 1.29 is 8.42 Å². The summed E-state index contributed by atoms with van der Waals surface area (Å²) in [5.74, 6) is 0. The minimum Gasteiger partial charge on any atom is -0.278 e. The van der Waals surface area contributed by atoms with Gasteiger partial charge in [0.2, 0.25) is 10.0 Å². The summed E-state index contributed by atoms with van der Waals surface area (Å²) in [6.07, 6.45) is 1.62. The van der Waals surface area contributed by atoms with E-state index in [0.29, 0.717) is 0 Å². The standard InChI is InChI=1S/C10H11N3O2S/c1-11-16(14,15)9-4-2-3-8(7-9)10-5-6-12-13-10/h2-7,11H,1H3,(H,12,13). The number of nitrogens with zero attached hydrogens (tertiary/aromatic N) is 1. The molecule has 0 fully saturated rings.